The van der Waals surface area contributed by atoms with E-state index in [2.05, 4.69) is 22.9 Å². The van der Waals surface area contributed by atoms with E-state index in [-0.39, 0.29) is 5.78 Å². The van der Waals surface area contributed by atoms with Gasteiger partial charge in [-0.1, -0.05) is 22.9 Å². The lowest BCUT2D eigenvalue weighted by molar-refractivity contribution is -0.116. The highest BCUT2D eigenvalue weighted by atomic mass is 79.9. The van der Waals surface area contributed by atoms with Crippen LogP contribution in [0.4, 0.5) is 0 Å². The molecule has 1 rings (SSSR count). The molecule has 0 spiro atoms. The van der Waals surface area contributed by atoms with Gasteiger partial charge in [0.1, 0.15) is 11.5 Å². The molecule has 0 amide bonds. The molecule has 0 heterocycles. The molecule has 0 saturated heterocycles. The molecular formula is C13H17BrO2S. The average Bonchev–Trinajstić information content (AvgIpc) is 2.29. The molecule has 4 heteroatoms. The van der Waals surface area contributed by atoms with Crippen LogP contribution < -0.4 is 4.74 Å². The number of halogens is 1. The van der Waals surface area contributed by atoms with Crippen molar-refractivity contribution in [3.8, 4) is 5.75 Å². The number of ketones is 1. The van der Waals surface area contributed by atoms with Crippen LogP contribution in [0.5, 0.6) is 5.75 Å². The van der Waals surface area contributed by atoms with Crippen molar-refractivity contribution >= 4 is 33.5 Å². The fourth-order valence-corrected chi connectivity index (χ4v) is 2.65. The van der Waals surface area contributed by atoms with Gasteiger partial charge < -0.3 is 4.74 Å². The Labute approximate surface area is 115 Å². The van der Waals surface area contributed by atoms with E-state index in [0.29, 0.717) is 12.2 Å². The Bertz CT molecular complexity index is 380. The summed E-state index contributed by atoms with van der Waals surface area (Å²) >= 11 is 5.10. The Morgan fingerprint density at radius 1 is 1.47 bits per heavy atom. The summed E-state index contributed by atoms with van der Waals surface area (Å²) in [6, 6.07) is 5.74. The quantitative estimate of drug-likeness (QED) is 0.717. The van der Waals surface area contributed by atoms with Crippen LogP contribution in [0.15, 0.2) is 22.7 Å². The highest BCUT2D eigenvalue weighted by Crippen LogP contribution is 2.23. The van der Waals surface area contributed by atoms with Gasteiger partial charge in [0.05, 0.1) is 12.9 Å². The summed E-state index contributed by atoms with van der Waals surface area (Å²) in [5.41, 5.74) is 0.948. The van der Waals surface area contributed by atoms with Crippen molar-refractivity contribution in [3.63, 3.8) is 0 Å². The van der Waals surface area contributed by atoms with Gasteiger partial charge in [-0.2, -0.15) is 11.8 Å². The van der Waals surface area contributed by atoms with E-state index in [4.69, 9.17) is 4.74 Å². The number of methoxy groups -OCH3 is 1. The summed E-state index contributed by atoms with van der Waals surface area (Å²) in [7, 11) is 1.63. The summed E-state index contributed by atoms with van der Waals surface area (Å²) < 4.78 is 6.22. The number of hydrogen-bond acceptors (Lipinski definition) is 3. The van der Waals surface area contributed by atoms with Crippen LogP contribution in [-0.4, -0.2) is 24.4 Å². The normalized spacial score (nSPS) is 10.3. The third-order valence-electron chi connectivity index (χ3n) is 2.24. The Kier molecular flexibility index (Phi) is 6.66. The van der Waals surface area contributed by atoms with Crippen LogP contribution in [0, 0.1) is 0 Å². The standard InChI is InChI=1S/C13H17BrO2S/c1-3-6-17-9-12(15)8-10-7-11(14)4-5-13(10)16-2/h4-5,7H,3,6,8-9H2,1-2H3. The largest absolute Gasteiger partial charge is 0.496 e. The van der Waals surface area contributed by atoms with E-state index < -0.39 is 0 Å². The first-order valence-corrected chi connectivity index (χ1v) is 7.54. The summed E-state index contributed by atoms with van der Waals surface area (Å²) in [5, 5.41) is 0. The van der Waals surface area contributed by atoms with E-state index in [1.54, 1.807) is 18.9 Å². The molecule has 0 aromatic heterocycles. The van der Waals surface area contributed by atoms with Crippen molar-refractivity contribution in [1.29, 1.82) is 0 Å². The minimum absolute atomic E-state index is 0.250. The lowest BCUT2D eigenvalue weighted by Gasteiger charge is -2.08. The maximum atomic E-state index is 11.8. The number of ether oxygens (including phenoxy) is 1. The first-order chi connectivity index (χ1) is 8.17. The lowest BCUT2D eigenvalue weighted by atomic mass is 10.1. The van der Waals surface area contributed by atoms with Crippen molar-refractivity contribution in [2.24, 2.45) is 0 Å². The molecule has 0 fully saturated rings. The smallest absolute Gasteiger partial charge is 0.147 e. The van der Waals surface area contributed by atoms with Crippen LogP contribution in [0.3, 0.4) is 0 Å². The zero-order valence-corrected chi connectivity index (χ0v) is 12.6. The molecule has 1 aromatic rings. The van der Waals surface area contributed by atoms with Crippen LogP contribution in [0.1, 0.15) is 18.9 Å². The number of Topliss-reactive ketones (excluding diaryl/α,β-unsaturated/α-hetero) is 1. The van der Waals surface area contributed by atoms with Crippen LogP contribution in [0.25, 0.3) is 0 Å². The number of hydrogen-bond donors (Lipinski definition) is 0. The molecular weight excluding hydrogens is 300 g/mol. The second-order valence-corrected chi connectivity index (χ2v) is 5.75. The molecule has 0 N–H and O–H groups in total. The highest BCUT2D eigenvalue weighted by Gasteiger charge is 2.09. The molecule has 94 valence electrons. The van der Waals surface area contributed by atoms with Gasteiger partial charge in [-0.05, 0) is 30.4 Å². The summed E-state index contributed by atoms with van der Waals surface area (Å²) in [4.78, 5) is 11.8. The molecule has 0 aliphatic carbocycles. The first-order valence-electron chi connectivity index (χ1n) is 5.59. The zero-order chi connectivity index (χ0) is 12.7. The van der Waals surface area contributed by atoms with Gasteiger partial charge in [-0.25, -0.2) is 0 Å². The maximum absolute atomic E-state index is 11.8. The zero-order valence-electron chi connectivity index (χ0n) is 10.2. The second-order valence-electron chi connectivity index (χ2n) is 3.72. The minimum Gasteiger partial charge on any atom is -0.496 e. The Morgan fingerprint density at radius 2 is 2.24 bits per heavy atom. The summed E-state index contributed by atoms with van der Waals surface area (Å²) in [6.45, 7) is 2.12. The number of rotatable bonds is 7. The van der Waals surface area contributed by atoms with Gasteiger partial charge in [0.15, 0.2) is 0 Å². The summed E-state index contributed by atoms with van der Waals surface area (Å²) in [6.07, 6.45) is 1.55. The Balaban J connectivity index is 2.60. The van der Waals surface area contributed by atoms with Gasteiger partial charge in [0.2, 0.25) is 0 Å². The fraction of sp³-hybridized carbons (Fsp3) is 0.462. The fourth-order valence-electron chi connectivity index (χ4n) is 1.48. The number of benzene rings is 1. The molecule has 0 radical (unpaired) electrons. The highest BCUT2D eigenvalue weighted by molar-refractivity contribution is 9.10. The molecule has 2 nitrogen and oxygen atoms in total. The Hall–Kier alpha value is -0.480. The molecule has 0 bridgehead atoms. The molecule has 0 aliphatic heterocycles. The van der Waals surface area contributed by atoms with Crippen molar-refractivity contribution < 1.29 is 9.53 Å². The predicted molar refractivity (Wildman–Crippen MR) is 77.0 cm³/mol. The van der Waals surface area contributed by atoms with E-state index in [0.717, 1.165) is 28.0 Å². The molecule has 0 aliphatic rings. The van der Waals surface area contributed by atoms with Crippen molar-refractivity contribution in [2.75, 3.05) is 18.6 Å². The topological polar surface area (TPSA) is 26.3 Å². The molecule has 0 atom stereocenters. The predicted octanol–water partition coefficient (Wildman–Crippen LogP) is 3.71. The molecule has 1 aromatic carbocycles. The Morgan fingerprint density at radius 3 is 2.88 bits per heavy atom. The molecule has 0 unspecified atom stereocenters. The van der Waals surface area contributed by atoms with E-state index in [9.17, 15) is 4.79 Å². The van der Waals surface area contributed by atoms with Crippen LogP contribution >= 0.6 is 27.7 Å². The maximum Gasteiger partial charge on any atom is 0.147 e. The van der Waals surface area contributed by atoms with Crippen LogP contribution in [-0.2, 0) is 11.2 Å². The van der Waals surface area contributed by atoms with Crippen molar-refractivity contribution in [3.05, 3.63) is 28.2 Å². The third-order valence-corrected chi connectivity index (χ3v) is 3.96. The van der Waals surface area contributed by atoms with Gasteiger partial charge in [0, 0.05) is 16.5 Å². The first kappa shape index (κ1) is 14.6. The SMILES string of the molecule is CCCSCC(=O)Cc1cc(Br)ccc1OC. The van der Waals surface area contributed by atoms with Crippen molar-refractivity contribution in [2.45, 2.75) is 19.8 Å². The van der Waals surface area contributed by atoms with Gasteiger partial charge in [-0.3, -0.25) is 4.79 Å². The van der Waals surface area contributed by atoms with E-state index >= 15 is 0 Å². The van der Waals surface area contributed by atoms with Crippen LogP contribution in [0.2, 0.25) is 0 Å². The van der Waals surface area contributed by atoms with Crippen molar-refractivity contribution in [1.82, 2.24) is 0 Å². The number of carbonyl (C=O) groups is 1. The third kappa shape index (κ3) is 5.13. The minimum atomic E-state index is 0.250. The number of carbonyl (C=O) groups excluding carboxylic acids is 1. The monoisotopic (exact) mass is 316 g/mol. The molecule has 0 saturated carbocycles. The lowest BCUT2D eigenvalue weighted by Crippen LogP contribution is -2.07. The summed E-state index contributed by atoms with van der Waals surface area (Å²) in [5.74, 6) is 2.66. The van der Waals surface area contributed by atoms with E-state index in [1.165, 1.54) is 0 Å². The molecule has 17 heavy (non-hydrogen) atoms. The van der Waals surface area contributed by atoms with Gasteiger partial charge in [-0.15, -0.1) is 0 Å². The van der Waals surface area contributed by atoms with Gasteiger partial charge >= 0.3 is 0 Å². The van der Waals surface area contributed by atoms with Gasteiger partial charge in [0.25, 0.3) is 0 Å². The number of thioether (sulfide) groups is 1. The second kappa shape index (κ2) is 7.77. The van der Waals surface area contributed by atoms with E-state index in [1.807, 2.05) is 18.2 Å². The average molecular weight is 317 g/mol.